The molecule has 0 aliphatic rings. The van der Waals surface area contributed by atoms with E-state index in [-0.39, 0.29) is 5.82 Å². The normalized spacial score (nSPS) is 9.56. The summed E-state index contributed by atoms with van der Waals surface area (Å²) in [6, 6.07) is 6.14. The highest BCUT2D eigenvalue weighted by Gasteiger charge is 1.90. The maximum absolute atomic E-state index is 12.1. The molecule has 2 heteroatoms. The van der Waals surface area contributed by atoms with Gasteiger partial charge in [-0.25, -0.2) is 8.78 Å². The first-order valence-electron chi connectivity index (χ1n) is 2.55. The Kier molecular flexibility index (Phi) is 1.78. The van der Waals surface area contributed by atoms with Crippen molar-refractivity contribution in [2.45, 2.75) is 6.67 Å². The fourth-order valence-corrected chi connectivity index (χ4v) is 0.521. The molecule has 0 amide bonds. The molecule has 0 unspecified atom stereocenters. The number of hydrogen-bond acceptors (Lipinski definition) is 0. The maximum atomic E-state index is 12.1. The van der Waals surface area contributed by atoms with Crippen LogP contribution in [0.5, 0.6) is 0 Å². The van der Waals surface area contributed by atoms with Gasteiger partial charge in [-0.1, -0.05) is 6.07 Å². The molecular weight excluding hydrogens is 122 g/mol. The van der Waals surface area contributed by atoms with E-state index in [0.29, 0.717) is 5.56 Å². The van der Waals surface area contributed by atoms with Crippen molar-refractivity contribution in [3.8, 4) is 0 Å². The third-order valence-electron chi connectivity index (χ3n) is 0.983. The van der Waals surface area contributed by atoms with Crippen molar-refractivity contribution in [2.24, 2.45) is 0 Å². The lowest BCUT2D eigenvalue weighted by atomic mass is 10.2. The first-order valence-corrected chi connectivity index (χ1v) is 2.55. The Morgan fingerprint density at radius 3 is 2.67 bits per heavy atom. The summed E-state index contributed by atoms with van der Waals surface area (Å²) in [5.41, 5.74) is 0.386. The maximum Gasteiger partial charge on any atom is 0.123 e. The van der Waals surface area contributed by atoms with Crippen molar-refractivity contribution in [3.63, 3.8) is 0 Å². The second-order valence-electron chi connectivity index (χ2n) is 1.67. The zero-order valence-electron chi connectivity index (χ0n) is 4.70. The van der Waals surface area contributed by atoms with Crippen LogP contribution in [-0.2, 0) is 6.67 Å². The van der Waals surface area contributed by atoms with Crippen molar-refractivity contribution in [3.05, 3.63) is 35.6 Å². The summed E-state index contributed by atoms with van der Waals surface area (Å²) in [6.07, 6.45) is 0. The van der Waals surface area contributed by atoms with Gasteiger partial charge in [0.1, 0.15) is 12.5 Å². The molecule has 0 aliphatic carbocycles. The van der Waals surface area contributed by atoms with E-state index in [0.717, 1.165) is 6.07 Å². The molecule has 1 radical (unpaired) electrons. The van der Waals surface area contributed by atoms with Gasteiger partial charge in [-0.05, 0) is 23.8 Å². The predicted octanol–water partition coefficient (Wildman–Crippen LogP) is 2.10. The SMILES string of the molecule is FCc1[c]cc(F)cc1. The van der Waals surface area contributed by atoms with Crippen LogP contribution in [0.2, 0.25) is 0 Å². The standard InChI is InChI=1S/C7H5F2/c8-5-6-1-3-7(9)4-2-6/h1,3-4H,5H2. The van der Waals surface area contributed by atoms with E-state index in [9.17, 15) is 8.78 Å². The molecule has 1 aromatic rings. The van der Waals surface area contributed by atoms with Crippen LogP contribution in [0.1, 0.15) is 5.56 Å². The monoisotopic (exact) mass is 127 g/mol. The van der Waals surface area contributed by atoms with Crippen LogP contribution in [-0.4, -0.2) is 0 Å². The summed E-state index contributed by atoms with van der Waals surface area (Å²) in [6.45, 7) is -0.583. The highest BCUT2D eigenvalue weighted by atomic mass is 19.1. The molecule has 0 fully saturated rings. The van der Waals surface area contributed by atoms with Gasteiger partial charge in [0.25, 0.3) is 0 Å². The van der Waals surface area contributed by atoms with Crippen LogP contribution in [0, 0.1) is 11.9 Å². The van der Waals surface area contributed by atoms with Gasteiger partial charge in [0.2, 0.25) is 0 Å². The molecule has 0 bridgehead atoms. The third-order valence-corrected chi connectivity index (χ3v) is 0.983. The molecule has 0 nitrogen and oxygen atoms in total. The summed E-state index contributed by atoms with van der Waals surface area (Å²) in [5, 5.41) is 0. The summed E-state index contributed by atoms with van der Waals surface area (Å²) in [7, 11) is 0. The highest BCUT2D eigenvalue weighted by molar-refractivity contribution is 5.13. The lowest BCUT2D eigenvalue weighted by molar-refractivity contribution is 0.484. The van der Waals surface area contributed by atoms with E-state index >= 15 is 0 Å². The average Bonchev–Trinajstić information content (AvgIpc) is 1.90. The fourth-order valence-electron chi connectivity index (χ4n) is 0.521. The number of alkyl halides is 1. The molecule has 1 aromatic carbocycles. The summed E-state index contributed by atoms with van der Waals surface area (Å²) in [4.78, 5) is 0. The van der Waals surface area contributed by atoms with Crippen molar-refractivity contribution < 1.29 is 8.78 Å². The number of hydrogen-bond donors (Lipinski definition) is 0. The quantitative estimate of drug-likeness (QED) is 0.541. The first-order chi connectivity index (χ1) is 4.33. The number of benzene rings is 1. The Morgan fingerprint density at radius 2 is 2.22 bits per heavy atom. The largest absolute Gasteiger partial charge is 0.246 e. The summed E-state index contributed by atoms with van der Waals surface area (Å²) in [5.74, 6) is -0.382. The molecule has 47 valence electrons. The first kappa shape index (κ1) is 6.20. The minimum absolute atomic E-state index is 0.382. The molecule has 0 spiro atoms. The molecule has 0 N–H and O–H groups in total. The minimum Gasteiger partial charge on any atom is -0.246 e. The zero-order chi connectivity index (χ0) is 6.69. The van der Waals surface area contributed by atoms with E-state index in [1.165, 1.54) is 12.1 Å². The van der Waals surface area contributed by atoms with Crippen molar-refractivity contribution >= 4 is 0 Å². The van der Waals surface area contributed by atoms with E-state index < -0.39 is 6.67 Å². The Bertz CT molecular complexity index is 179. The van der Waals surface area contributed by atoms with E-state index in [4.69, 9.17) is 0 Å². The lowest BCUT2D eigenvalue weighted by Gasteiger charge is -1.89. The number of rotatable bonds is 1. The van der Waals surface area contributed by atoms with Gasteiger partial charge in [-0.15, -0.1) is 0 Å². The van der Waals surface area contributed by atoms with Gasteiger partial charge < -0.3 is 0 Å². The van der Waals surface area contributed by atoms with Crippen LogP contribution in [0.3, 0.4) is 0 Å². The number of halogens is 2. The summed E-state index contributed by atoms with van der Waals surface area (Å²) >= 11 is 0. The summed E-state index contributed by atoms with van der Waals surface area (Å²) < 4.78 is 23.8. The predicted molar refractivity (Wildman–Crippen MR) is 30.0 cm³/mol. The molecule has 0 saturated carbocycles. The fraction of sp³-hybridized carbons (Fsp3) is 0.143. The topological polar surface area (TPSA) is 0 Å². The van der Waals surface area contributed by atoms with Gasteiger partial charge in [0, 0.05) is 0 Å². The second-order valence-corrected chi connectivity index (χ2v) is 1.67. The average molecular weight is 127 g/mol. The van der Waals surface area contributed by atoms with Crippen LogP contribution in [0.15, 0.2) is 18.2 Å². The molecular formula is C7H5F2. The highest BCUT2D eigenvalue weighted by Crippen LogP contribution is 2.01. The molecule has 0 heterocycles. The van der Waals surface area contributed by atoms with Crippen molar-refractivity contribution in [1.82, 2.24) is 0 Å². The van der Waals surface area contributed by atoms with Gasteiger partial charge >= 0.3 is 0 Å². The zero-order valence-corrected chi connectivity index (χ0v) is 4.70. The van der Waals surface area contributed by atoms with Gasteiger partial charge in [-0.2, -0.15) is 0 Å². The van der Waals surface area contributed by atoms with Crippen LogP contribution in [0.25, 0.3) is 0 Å². The third kappa shape index (κ3) is 1.49. The Balaban J connectivity index is 2.88. The second kappa shape index (κ2) is 2.58. The van der Waals surface area contributed by atoms with Crippen molar-refractivity contribution in [2.75, 3.05) is 0 Å². The molecule has 9 heavy (non-hydrogen) atoms. The van der Waals surface area contributed by atoms with Crippen LogP contribution < -0.4 is 0 Å². The molecule has 0 atom stereocenters. The van der Waals surface area contributed by atoms with Gasteiger partial charge in [0.15, 0.2) is 0 Å². The van der Waals surface area contributed by atoms with Crippen LogP contribution in [0.4, 0.5) is 8.78 Å². The van der Waals surface area contributed by atoms with E-state index in [1.807, 2.05) is 0 Å². The minimum atomic E-state index is -0.583. The van der Waals surface area contributed by atoms with Gasteiger partial charge in [0.05, 0.1) is 0 Å². The van der Waals surface area contributed by atoms with Crippen LogP contribution >= 0.6 is 0 Å². The Labute approximate surface area is 52.1 Å². The Morgan fingerprint density at radius 1 is 1.44 bits per heavy atom. The van der Waals surface area contributed by atoms with E-state index in [1.54, 1.807) is 0 Å². The van der Waals surface area contributed by atoms with Gasteiger partial charge in [-0.3, -0.25) is 0 Å². The molecule has 1 rings (SSSR count). The molecule has 0 aromatic heterocycles. The molecule has 0 aliphatic heterocycles. The van der Waals surface area contributed by atoms with Crippen molar-refractivity contribution in [1.29, 1.82) is 0 Å². The lowest BCUT2D eigenvalue weighted by Crippen LogP contribution is -1.78. The smallest absolute Gasteiger partial charge is 0.123 e. The Hall–Kier alpha value is -0.920. The molecule has 0 saturated heterocycles. The van der Waals surface area contributed by atoms with E-state index in [2.05, 4.69) is 6.07 Å².